The van der Waals surface area contributed by atoms with Gasteiger partial charge in [-0.25, -0.2) is 4.39 Å². The van der Waals surface area contributed by atoms with Gasteiger partial charge in [-0.2, -0.15) is 0 Å². The van der Waals surface area contributed by atoms with E-state index >= 15 is 0 Å². The van der Waals surface area contributed by atoms with Gasteiger partial charge in [-0.3, -0.25) is 0 Å². The molecule has 21 heavy (non-hydrogen) atoms. The molecule has 0 radical (unpaired) electrons. The molecule has 1 saturated carbocycles. The highest BCUT2D eigenvalue weighted by Crippen LogP contribution is 2.37. The molecule has 0 saturated heterocycles. The summed E-state index contributed by atoms with van der Waals surface area (Å²) in [6.07, 6.45) is 6.61. The molecule has 2 nitrogen and oxygen atoms in total. The molecule has 1 aromatic rings. The lowest BCUT2D eigenvalue weighted by Crippen LogP contribution is -2.46. The monoisotopic (exact) mass is 292 g/mol. The van der Waals surface area contributed by atoms with Gasteiger partial charge in [0, 0.05) is 37.3 Å². The molecule has 1 fully saturated rings. The van der Waals surface area contributed by atoms with E-state index in [1.807, 2.05) is 12.1 Å². The second-order valence-electron chi connectivity index (χ2n) is 6.93. The average Bonchev–Trinajstić information content (AvgIpc) is 2.47. The summed E-state index contributed by atoms with van der Waals surface area (Å²) >= 11 is 0. The smallest absolute Gasteiger partial charge is 0.123 e. The molecule has 0 bridgehead atoms. The van der Waals surface area contributed by atoms with Gasteiger partial charge in [0.1, 0.15) is 5.82 Å². The van der Waals surface area contributed by atoms with Crippen molar-refractivity contribution in [2.45, 2.75) is 52.0 Å². The Morgan fingerprint density at radius 3 is 2.33 bits per heavy atom. The molecule has 0 spiro atoms. The normalized spacial score (nSPS) is 18.0. The Morgan fingerprint density at radius 1 is 1.14 bits per heavy atom. The van der Waals surface area contributed by atoms with Crippen LogP contribution in [0.15, 0.2) is 24.3 Å². The molecule has 0 heterocycles. The Labute approximate surface area is 128 Å². The second-order valence-corrected chi connectivity index (χ2v) is 6.93. The Hall–Kier alpha value is -1.09. The maximum atomic E-state index is 13.1. The maximum Gasteiger partial charge on any atom is 0.123 e. The lowest BCUT2D eigenvalue weighted by molar-refractivity contribution is 0.185. The Morgan fingerprint density at radius 2 is 1.76 bits per heavy atom. The molecular formula is C18H29FN2. The van der Waals surface area contributed by atoms with Crippen LogP contribution in [-0.4, -0.2) is 26.2 Å². The highest BCUT2D eigenvalue weighted by atomic mass is 19.1. The summed E-state index contributed by atoms with van der Waals surface area (Å²) in [6.45, 7) is 6.54. The highest BCUT2D eigenvalue weighted by Gasteiger charge is 2.33. The van der Waals surface area contributed by atoms with E-state index in [-0.39, 0.29) is 5.82 Å². The fourth-order valence-corrected chi connectivity index (χ4v) is 3.40. The third-order valence-corrected chi connectivity index (χ3v) is 4.64. The summed E-state index contributed by atoms with van der Waals surface area (Å²) in [6, 6.07) is 7.38. The molecule has 3 heteroatoms. The SMILES string of the molecule is CC(C)NCC1(CN(C)c2ccc(F)cc2)CCCCC1. The molecule has 0 aliphatic heterocycles. The summed E-state index contributed by atoms with van der Waals surface area (Å²) in [4.78, 5) is 2.28. The summed E-state index contributed by atoms with van der Waals surface area (Å²) in [5.74, 6) is -0.166. The number of benzene rings is 1. The van der Waals surface area contributed by atoms with Crippen molar-refractivity contribution in [2.24, 2.45) is 5.41 Å². The zero-order valence-electron chi connectivity index (χ0n) is 13.7. The number of rotatable bonds is 6. The van der Waals surface area contributed by atoms with E-state index in [1.165, 1.54) is 32.1 Å². The summed E-state index contributed by atoms with van der Waals surface area (Å²) in [5.41, 5.74) is 1.46. The van der Waals surface area contributed by atoms with Gasteiger partial charge in [0.25, 0.3) is 0 Å². The van der Waals surface area contributed by atoms with Crippen molar-refractivity contribution >= 4 is 5.69 Å². The van der Waals surface area contributed by atoms with E-state index in [0.717, 1.165) is 18.8 Å². The van der Waals surface area contributed by atoms with Crippen molar-refractivity contribution in [1.29, 1.82) is 0 Å². The van der Waals surface area contributed by atoms with Crippen molar-refractivity contribution in [2.75, 3.05) is 25.0 Å². The van der Waals surface area contributed by atoms with Gasteiger partial charge < -0.3 is 10.2 Å². The summed E-state index contributed by atoms with van der Waals surface area (Å²) < 4.78 is 13.1. The van der Waals surface area contributed by atoms with Crippen LogP contribution in [0.4, 0.5) is 10.1 Å². The van der Waals surface area contributed by atoms with E-state index in [9.17, 15) is 4.39 Å². The van der Waals surface area contributed by atoms with Gasteiger partial charge in [-0.1, -0.05) is 33.1 Å². The van der Waals surface area contributed by atoms with Crippen molar-refractivity contribution in [3.05, 3.63) is 30.1 Å². The Bertz CT molecular complexity index is 421. The van der Waals surface area contributed by atoms with Crippen LogP contribution >= 0.6 is 0 Å². The molecule has 2 rings (SSSR count). The predicted octanol–water partition coefficient (Wildman–Crippen LogP) is 4.21. The van der Waals surface area contributed by atoms with Crippen molar-refractivity contribution < 1.29 is 4.39 Å². The van der Waals surface area contributed by atoms with Gasteiger partial charge in [0.15, 0.2) is 0 Å². The van der Waals surface area contributed by atoms with Crippen LogP contribution < -0.4 is 10.2 Å². The standard InChI is InChI=1S/C18H29FN2/c1-15(2)20-13-18(11-5-4-6-12-18)14-21(3)17-9-7-16(19)8-10-17/h7-10,15,20H,4-6,11-14H2,1-3H3. The van der Waals surface area contributed by atoms with Gasteiger partial charge in [-0.15, -0.1) is 0 Å². The molecule has 0 amide bonds. The van der Waals surface area contributed by atoms with Crippen LogP contribution in [0.3, 0.4) is 0 Å². The molecule has 0 atom stereocenters. The first-order chi connectivity index (χ1) is 10.0. The van der Waals surface area contributed by atoms with E-state index in [4.69, 9.17) is 0 Å². The molecule has 1 N–H and O–H groups in total. The molecular weight excluding hydrogens is 263 g/mol. The summed E-state index contributed by atoms with van der Waals surface area (Å²) in [7, 11) is 2.12. The van der Waals surface area contributed by atoms with Gasteiger partial charge in [-0.05, 0) is 37.1 Å². The van der Waals surface area contributed by atoms with Crippen molar-refractivity contribution in [3.8, 4) is 0 Å². The minimum absolute atomic E-state index is 0.166. The summed E-state index contributed by atoms with van der Waals surface area (Å²) in [5, 5.41) is 3.64. The van der Waals surface area contributed by atoms with E-state index in [2.05, 4.69) is 31.1 Å². The third kappa shape index (κ3) is 4.70. The number of nitrogens with one attached hydrogen (secondary N) is 1. The first kappa shape index (κ1) is 16.3. The minimum Gasteiger partial charge on any atom is -0.374 e. The largest absolute Gasteiger partial charge is 0.374 e. The van der Waals surface area contributed by atoms with Crippen LogP contribution in [0.5, 0.6) is 0 Å². The average molecular weight is 292 g/mol. The van der Waals surface area contributed by atoms with Gasteiger partial charge in [0.05, 0.1) is 0 Å². The molecule has 0 unspecified atom stereocenters. The van der Waals surface area contributed by atoms with E-state index in [0.29, 0.717) is 11.5 Å². The van der Waals surface area contributed by atoms with Gasteiger partial charge >= 0.3 is 0 Å². The van der Waals surface area contributed by atoms with Crippen LogP contribution in [0.2, 0.25) is 0 Å². The van der Waals surface area contributed by atoms with Gasteiger partial charge in [0.2, 0.25) is 0 Å². The Kier molecular flexibility index (Phi) is 5.63. The van der Waals surface area contributed by atoms with Crippen molar-refractivity contribution in [3.63, 3.8) is 0 Å². The topological polar surface area (TPSA) is 15.3 Å². The number of hydrogen-bond donors (Lipinski definition) is 1. The molecule has 118 valence electrons. The van der Waals surface area contributed by atoms with Crippen molar-refractivity contribution in [1.82, 2.24) is 5.32 Å². The molecule has 1 aromatic carbocycles. The molecule has 1 aliphatic carbocycles. The fraction of sp³-hybridized carbons (Fsp3) is 0.667. The lowest BCUT2D eigenvalue weighted by atomic mass is 9.73. The lowest BCUT2D eigenvalue weighted by Gasteiger charge is -2.41. The highest BCUT2D eigenvalue weighted by molar-refractivity contribution is 5.45. The van der Waals surface area contributed by atoms with E-state index in [1.54, 1.807) is 12.1 Å². The number of anilines is 1. The maximum absolute atomic E-state index is 13.1. The number of nitrogens with zero attached hydrogens (tertiary/aromatic N) is 1. The zero-order valence-corrected chi connectivity index (χ0v) is 13.7. The second kappa shape index (κ2) is 7.26. The molecule has 0 aromatic heterocycles. The number of halogens is 1. The predicted molar refractivity (Wildman–Crippen MR) is 88.3 cm³/mol. The zero-order chi connectivity index (χ0) is 15.3. The third-order valence-electron chi connectivity index (χ3n) is 4.64. The fourth-order valence-electron chi connectivity index (χ4n) is 3.40. The van der Waals surface area contributed by atoms with E-state index < -0.39 is 0 Å². The minimum atomic E-state index is -0.166. The molecule has 1 aliphatic rings. The Balaban J connectivity index is 2.04. The van der Waals surface area contributed by atoms with Crippen LogP contribution in [0.25, 0.3) is 0 Å². The number of hydrogen-bond acceptors (Lipinski definition) is 2. The van der Waals surface area contributed by atoms with Crippen LogP contribution in [0, 0.1) is 11.2 Å². The quantitative estimate of drug-likeness (QED) is 0.845. The first-order valence-electron chi connectivity index (χ1n) is 8.21. The van der Waals surface area contributed by atoms with Crippen LogP contribution in [-0.2, 0) is 0 Å². The van der Waals surface area contributed by atoms with Crippen LogP contribution in [0.1, 0.15) is 46.0 Å². The first-order valence-corrected chi connectivity index (χ1v) is 8.21.